The van der Waals surface area contributed by atoms with Gasteiger partial charge >= 0.3 is 6.18 Å². The van der Waals surface area contributed by atoms with Crippen molar-refractivity contribution in [3.63, 3.8) is 0 Å². The molecular weight excluding hydrogens is 287 g/mol. The normalized spacial score (nSPS) is 11.6. The molecule has 1 rings (SSSR count). The summed E-state index contributed by atoms with van der Waals surface area (Å²) in [5.74, 6) is 0.534. The number of nitrogens with one attached hydrogen (secondary N) is 1. The summed E-state index contributed by atoms with van der Waals surface area (Å²) in [6.45, 7) is 0.428. The number of anilines is 1. The molecule has 1 N–H and O–H groups in total. The third-order valence-corrected chi connectivity index (χ3v) is 2.79. The Kier molecular flexibility index (Phi) is 6.01. The van der Waals surface area contributed by atoms with Crippen LogP contribution in [0.1, 0.15) is 19.3 Å². The molecule has 0 saturated carbocycles. The van der Waals surface area contributed by atoms with Gasteiger partial charge in [0.1, 0.15) is 11.0 Å². The summed E-state index contributed by atoms with van der Waals surface area (Å²) in [5.41, 5.74) is 0. The molecule has 0 aliphatic rings. The molecule has 1 aromatic heterocycles. The van der Waals surface area contributed by atoms with E-state index in [2.05, 4.69) is 15.3 Å². The summed E-state index contributed by atoms with van der Waals surface area (Å²) in [6, 6.07) is 1.55. The van der Waals surface area contributed by atoms with Crippen molar-refractivity contribution in [1.82, 2.24) is 9.97 Å². The molecular formula is C10H13ClF3N3S. The van der Waals surface area contributed by atoms with Crippen molar-refractivity contribution in [3.05, 3.63) is 11.2 Å². The molecule has 102 valence electrons. The number of aromatic nitrogens is 2. The minimum atomic E-state index is -4.08. The molecule has 0 unspecified atom stereocenters. The molecule has 0 radical (unpaired) electrons. The van der Waals surface area contributed by atoms with Gasteiger partial charge in [-0.1, -0.05) is 23.4 Å². The van der Waals surface area contributed by atoms with Crippen LogP contribution < -0.4 is 5.32 Å². The van der Waals surface area contributed by atoms with Gasteiger partial charge in [0.15, 0.2) is 5.16 Å². The zero-order chi connectivity index (χ0) is 13.6. The molecule has 8 heteroatoms. The molecule has 0 amide bonds. The highest BCUT2D eigenvalue weighted by Crippen LogP contribution is 2.22. The van der Waals surface area contributed by atoms with Gasteiger partial charge in [-0.15, -0.1) is 0 Å². The van der Waals surface area contributed by atoms with Gasteiger partial charge < -0.3 is 5.32 Å². The fourth-order valence-electron chi connectivity index (χ4n) is 1.25. The summed E-state index contributed by atoms with van der Waals surface area (Å²) in [4.78, 5) is 8.09. The standard InChI is InChI=1S/C10H13ClF3N3S/c1-18-9-16-7(11)6-8(17-9)15-5-3-2-4-10(12,13)14/h6H,2-5H2,1H3,(H,15,16,17). The molecule has 0 atom stereocenters. The average molecular weight is 300 g/mol. The topological polar surface area (TPSA) is 37.8 Å². The van der Waals surface area contributed by atoms with Crippen LogP contribution in [0.25, 0.3) is 0 Å². The first kappa shape index (κ1) is 15.4. The minimum Gasteiger partial charge on any atom is -0.370 e. The Morgan fingerprint density at radius 1 is 1.33 bits per heavy atom. The quantitative estimate of drug-likeness (QED) is 0.373. The van der Waals surface area contributed by atoms with Gasteiger partial charge in [-0.05, 0) is 19.1 Å². The van der Waals surface area contributed by atoms with Crippen LogP contribution in [-0.4, -0.2) is 28.9 Å². The van der Waals surface area contributed by atoms with Gasteiger partial charge in [0, 0.05) is 19.0 Å². The number of unbranched alkanes of at least 4 members (excludes halogenated alkanes) is 1. The highest BCUT2D eigenvalue weighted by atomic mass is 35.5. The molecule has 0 spiro atoms. The summed E-state index contributed by atoms with van der Waals surface area (Å²) < 4.78 is 35.7. The van der Waals surface area contributed by atoms with Crippen molar-refractivity contribution in [2.45, 2.75) is 30.6 Å². The second-order valence-electron chi connectivity index (χ2n) is 3.56. The van der Waals surface area contributed by atoms with Crippen molar-refractivity contribution < 1.29 is 13.2 Å². The van der Waals surface area contributed by atoms with Crippen LogP contribution in [0, 0.1) is 0 Å². The Hall–Kier alpha value is -0.690. The fraction of sp³-hybridized carbons (Fsp3) is 0.600. The maximum absolute atomic E-state index is 11.9. The Morgan fingerprint density at radius 2 is 2.06 bits per heavy atom. The number of thioether (sulfide) groups is 1. The maximum Gasteiger partial charge on any atom is 0.389 e. The van der Waals surface area contributed by atoms with E-state index in [0.717, 1.165) is 0 Å². The van der Waals surface area contributed by atoms with Crippen LogP contribution in [0.3, 0.4) is 0 Å². The Morgan fingerprint density at radius 3 is 2.67 bits per heavy atom. The molecule has 0 aliphatic carbocycles. The zero-order valence-electron chi connectivity index (χ0n) is 9.72. The van der Waals surface area contributed by atoms with Crippen molar-refractivity contribution in [2.75, 3.05) is 18.1 Å². The Balaban J connectivity index is 2.33. The predicted octanol–water partition coefficient (Wildman–Crippen LogP) is 4.00. The van der Waals surface area contributed by atoms with Gasteiger partial charge in [-0.3, -0.25) is 0 Å². The zero-order valence-corrected chi connectivity index (χ0v) is 11.3. The monoisotopic (exact) mass is 299 g/mol. The smallest absolute Gasteiger partial charge is 0.370 e. The second-order valence-corrected chi connectivity index (χ2v) is 4.72. The van der Waals surface area contributed by atoms with Crippen molar-refractivity contribution in [3.8, 4) is 0 Å². The molecule has 1 heterocycles. The SMILES string of the molecule is CSc1nc(Cl)cc(NCCCCC(F)(F)F)n1. The van der Waals surface area contributed by atoms with Gasteiger partial charge in [-0.2, -0.15) is 13.2 Å². The second kappa shape index (κ2) is 7.04. The van der Waals surface area contributed by atoms with E-state index in [-0.39, 0.29) is 6.42 Å². The number of halogens is 4. The summed E-state index contributed by atoms with van der Waals surface area (Å²) in [5, 5.41) is 3.77. The van der Waals surface area contributed by atoms with Crippen LogP contribution >= 0.6 is 23.4 Å². The van der Waals surface area contributed by atoms with E-state index < -0.39 is 12.6 Å². The lowest BCUT2D eigenvalue weighted by atomic mass is 10.2. The predicted molar refractivity (Wildman–Crippen MR) is 67.2 cm³/mol. The fourth-order valence-corrected chi connectivity index (χ4v) is 1.86. The van der Waals surface area contributed by atoms with E-state index in [9.17, 15) is 13.2 Å². The molecule has 0 saturated heterocycles. The lowest BCUT2D eigenvalue weighted by Gasteiger charge is -2.08. The number of hydrogen-bond donors (Lipinski definition) is 1. The van der Waals surface area contributed by atoms with E-state index in [1.807, 2.05) is 6.26 Å². The van der Waals surface area contributed by atoms with Crippen molar-refractivity contribution in [2.24, 2.45) is 0 Å². The van der Waals surface area contributed by atoms with E-state index >= 15 is 0 Å². The maximum atomic E-state index is 11.9. The number of nitrogens with zero attached hydrogens (tertiary/aromatic N) is 2. The lowest BCUT2D eigenvalue weighted by molar-refractivity contribution is -0.135. The number of alkyl halides is 3. The van der Waals surface area contributed by atoms with Crippen LogP contribution in [0.5, 0.6) is 0 Å². The molecule has 18 heavy (non-hydrogen) atoms. The van der Waals surface area contributed by atoms with Gasteiger partial charge in [0.05, 0.1) is 0 Å². The number of rotatable bonds is 6. The van der Waals surface area contributed by atoms with Gasteiger partial charge in [0.2, 0.25) is 0 Å². The third-order valence-electron chi connectivity index (χ3n) is 2.05. The van der Waals surface area contributed by atoms with E-state index in [0.29, 0.717) is 29.1 Å². The summed E-state index contributed by atoms with van der Waals surface area (Å²) in [6.07, 6.45) is -2.49. The molecule has 0 aromatic carbocycles. The average Bonchev–Trinajstić information content (AvgIpc) is 2.26. The Bertz CT molecular complexity index is 387. The van der Waals surface area contributed by atoms with Gasteiger partial charge in [0.25, 0.3) is 0 Å². The van der Waals surface area contributed by atoms with Crippen LogP contribution in [0.15, 0.2) is 11.2 Å². The van der Waals surface area contributed by atoms with Gasteiger partial charge in [-0.25, -0.2) is 9.97 Å². The van der Waals surface area contributed by atoms with Crippen LogP contribution in [0.2, 0.25) is 5.15 Å². The Labute approximate surface area is 113 Å². The first-order valence-corrected chi connectivity index (χ1v) is 6.90. The van der Waals surface area contributed by atoms with Crippen LogP contribution in [0.4, 0.5) is 19.0 Å². The molecule has 0 aliphatic heterocycles. The summed E-state index contributed by atoms with van der Waals surface area (Å²) in [7, 11) is 0. The minimum absolute atomic E-state index is 0.102. The first-order valence-electron chi connectivity index (χ1n) is 5.30. The summed E-state index contributed by atoms with van der Waals surface area (Å²) >= 11 is 7.12. The molecule has 0 bridgehead atoms. The molecule has 1 aromatic rings. The third kappa shape index (κ3) is 6.30. The molecule has 0 fully saturated rings. The van der Waals surface area contributed by atoms with Crippen molar-refractivity contribution >= 4 is 29.2 Å². The highest BCUT2D eigenvalue weighted by Gasteiger charge is 2.25. The lowest BCUT2D eigenvalue weighted by Crippen LogP contribution is -2.09. The van der Waals surface area contributed by atoms with Crippen molar-refractivity contribution in [1.29, 1.82) is 0 Å². The largest absolute Gasteiger partial charge is 0.389 e. The van der Waals surface area contributed by atoms with E-state index in [1.165, 1.54) is 11.8 Å². The molecule has 3 nitrogen and oxygen atoms in total. The van der Waals surface area contributed by atoms with E-state index in [1.54, 1.807) is 6.07 Å². The first-order chi connectivity index (χ1) is 8.40. The number of hydrogen-bond acceptors (Lipinski definition) is 4. The van der Waals surface area contributed by atoms with Crippen LogP contribution in [-0.2, 0) is 0 Å². The highest BCUT2D eigenvalue weighted by molar-refractivity contribution is 7.98. The van der Waals surface area contributed by atoms with E-state index in [4.69, 9.17) is 11.6 Å².